The molecule has 3 aromatic rings. The van der Waals surface area contributed by atoms with Gasteiger partial charge in [0.2, 0.25) is 11.0 Å². The summed E-state index contributed by atoms with van der Waals surface area (Å²) in [6.07, 6.45) is 2.30. The monoisotopic (exact) mass is 487 g/mol. The molecule has 2 aromatic heterocycles. The molecule has 1 aliphatic heterocycles. The van der Waals surface area contributed by atoms with Crippen LogP contribution in [0.2, 0.25) is 5.02 Å². The number of aromatic nitrogens is 2. The zero-order valence-corrected chi connectivity index (χ0v) is 19.6. The van der Waals surface area contributed by atoms with E-state index in [0.29, 0.717) is 23.0 Å². The number of nitrogens with zero attached hydrogens (tertiary/aromatic N) is 3. The molecule has 1 aliphatic carbocycles. The van der Waals surface area contributed by atoms with Gasteiger partial charge in [-0.05, 0) is 42.0 Å². The van der Waals surface area contributed by atoms with Crippen LogP contribution in [-0.4, -0.2) is 21.9 Å². The van der Waals surface area contributed by atoms with Crippen molar-refractivity contribution < 1.29 is 9.59 Å². The maximum Gasteiger partial charge on any atom is 0.234 e. The topological polar surface area (TPSA) is 63.2 Å². The van der Waals surface area contributed by atoms with Gasteiger partial charge in [-0.15, -0.1) is 21.5 Å². The number of thiophene rings is 1. The highest BCUT2D eigenvalue weighted by molar-refractivity contribution is 8.00. The van der Waals surface area contributed by atoms with Gasteiger partial charge >= 0.3 is 0 Å². The molecule has 1 amide bonds. The van der Waals surface area contributed by atoms with Crippen LogP contribution in [-0.2, 0) is 15.3 Å². The number of halogens is 1. The summed E-state index contributed by atoms with van der Waals surface area (Å²) < 4.78 is 0.794. The molecule has 0 unspecified atom stereocenters. The Kier molecular flexibility index (Phi) is 5.97. The Morgan fingerprint density at radius 3 is 2.74 bits per heavy atom. The van der Waals surface area contributed by atoms with E-state index >= 15 is 0 Å². The Labute approximate surface area is 197 Å². The van der Waals surface area contributed by atoms with E-state index < -0.39 is 0 Å². The van der Waals surface area contributed by atoms with Crippen molar-refractivity contribution in [2.75, 3.05) is 4.90 Å². The number of allylic oxidation sites excluding steroid dienone is 2. The summed E-state index contributed by atoms with van der Waals surface area (Å²) in [5, 5.41) is 11.9. The number of hydrogen-bond acceptors (Lipinski definition) is 7. The third-order valence-corrected chi connectivity index (χ3v) is 8.78. The highest BCUT2D eigenvalue weighted by Gasteiger charge is 2.41. The number of rotatable bonds is 5. The first-order valence-electron chi connectivity index (χ1n) is 9.93. The minimum absolute atomic E-state index is 0.0164. The van der Waals surface area contributed by atoms with Crippen LogP contribution in [0.1, 0.15) is 42.0 Å². The molecule has 0 N–H and O–H groups in total. The van der Waals surface area contributed by atoms with Crippen LogP contribution < -0.4 is 4.90 Å². The lowest BCUT2D eigenvalue weighted by Crippen LogP contribution is -2.40. The van der Waals surface area contributed by atoms with Gasteiger partial charge in [0.1, 0.15) is 0 Å². The van der Waals surface area contributed by atoms with E-state index in [0.717, 1.165) is 38.2 Å². The SMILES string of the molecule is O=C1CCCC2=C1[C@H](c1cccs1)CC(=O)N2c1nnc(SCc2ccc(Cl)cc2)s1. The highest BCUT2D eigenvalue weighted by atomic mass is 35.5. The molecule has 0 spiro atoms. The fourth-order valence-electron chi connectivity index (χ4n) is 4.02. The van der Waals surface area contributed by atoms with E-state index in [-0.39, 0.29) is 24.0 Å². The Morgan fingerprint density at radius 1 is 1.13 bits per heavy atom. The van der Waals surface area contributed by atoms with Crippen molar-refractivity contribution in [3.05, 3.63) is 68.5 Å². The quantitative estimate of drug-likeness (QED) is 0.322. The van der Waals surface area contributed by atoms with E-state index in [9.17, 15) is 9.59 Å². The van der Waals surface area contributed by atoms with Gasteiger partial charge < -0.3 is 0 Å². The summed E-state index contributed by atoms with van der Waals surface area (Å²) >= 11 is 10.5. The Morgan fingerprint density at radius 2 is 1.97 bits per heavy atom. The van der Waals surface area contributed by atoms with E-state index in [1.54, 1.807) is 28.0 Å². The van der Waals surface area contributed by atoms with Crippen molar-refractivity contribution in [2.24, 2.45) is 0 Å². The molecule has 1 atom stereocenters. The highest BCUT2D eigenvalue weighted by Crippen LogP contribution is 2.45. The summed E-state index contributed by atoms with van der Waals surface area (Å²) in [6.45, 7) is 0. The van der Waals surface area contributed by atoms with Gasteiger partial charge in [0.05, 0.1) is 0 Å². The molecule has 0 saturated heterocycles. The number of hydrogen-bond donors (Lipinski definition) is 0. The number of thioether (sulfide) groups is 1. The molecular weight excluding hydrogens is 470 g/mol. The number of ketones is 1. The third kappa shape index (κ3) is 4.22. The maximum absolute atomic E-state index is 13.2. The van der Waals surface area contributed by atoms with Crippen molar-refractivity contribution in [2.45, 2.75) is 41.7 Å². The smallest absolute Gasteiger partial charge is 0.234 e. The maximum atomic E-state index is 13.2. The lowest BCUT2D eigenvalue weighted by Gasteiger charge is -2.36. The second-order valence-electron chi connectivity index (χ2n) is 7.40. The molecule has 5 nitrogen and oxygen atoms in total. The minimum Gasteiger partial charge on any atom is -0.294 e. The average molecular weight is 488 g/mol. The summed E-state index contributed by atoms with van der Waals surface area (Å²) in [5.41, 5.74) is 2.75. The lowest BCUT2D eigenvalue weighted by molar-refractivity contribution is -0.119. The molecule has 0 saturated carbocycles. The molecular formula is C22H18ClN3O2S3. The Bertz CT molecular complexity index is 1160. The predicted octanol–water partition coefficient (Wildman–Crippen LogP) is 6.07. The zero-order chi connectivity index (χ0) is 21.4. The van der Waals surface area contributed by atoms with Crippen LogP contribution in [0.25, 0.3) is 0 Å². The van der Waals surface area contributed by atoms with Crippen molar-refractivity contribution in [3.8, 4) is 0 Å². The van der Waals surface area contributed by atoms with Crippen LogP contribution in [0.4, 0.5) is 5.13 Å². The van der Waals surface area contributed by atoms with E-state index in [1.807, 2.05) is 41.8 Å². The second-order valence-corrected chi connectivity index (χ2v) is 11.0. The lowest BCUT2D eigenvalue weighted by atomic mass is 9.80. The molecule has 158 valence electrons. The number of carbonyl (C=O) groups excluding carboxylic acids is 2. The summed E-state index contributed by atoms with van der Waals surface area (Å²) in [6, 6.07) is 11.7. The first kappa shape index (κ1) is 20.9. The molecule has 0 radical (unpaired) electrons. The number of Topliss-reactive ketones (excluding diaryl/α,β-unsaturated/α-hetero) is 1. The van der Waals surface area contributed by atoms with Gasteiger partial charge in [-0.2, -0.15) is 0 Å². The molecule has 2 aliphatic rings. The molecule has 31 heavy (non-hydrogen) atoms. The van der Waals surface area contributed by atoms with Gasteiger partial charge in [0.25, 0.3) is 0 Å². The summed E-state index contributed by atoms with van der Waals surface area (Å²) in [7, 11) is 0. The number of anilines is 1. The Hall–Kier alpha value is -2.00. The van der Waals surface area contributed by atoms with E-state index in [1.165, 1.54) is 11.3 Å². The molecule has 0 fully saturated rings. The molecule has 3 heterocycles. The molecule has 9 heteroatoms. The van der Waals surface area contributed by atoms with Crippen LogP contribution in [0.5, 0.6) is 0 Å². The van der Waals surface area contributed by atoms with Gasteiger partial charge in [-0.25, -0.2) is 0 Å². The number of benzene rings is 1. The first-order valence-corrected chi connectivity index (χ1v) is 13.0. The molecule has 1 aromatic carbocycles. The number of carbonyl (C=O) groups is 2. The average Bonchev–Trinajstić information content (AvgIpc) is 3.45. The third-order valence-electron chi connectivity index (χ3n) is 5.42. The van der Waals surface area contributed by atoms with Gasteiger partial charge in [0.15, 0.2) is 10.1 Å². The van der Waals surface area contributed by atoms with Crippen LogP contribution in [0.15, 0.2) is 57.4 Å². The van der Waals surface area contributed by atoms with Gasteiger partial charge in [-0.3, -0.25) is 14.5 Å². The second kappa shape index (κ2) is 8.86. The first-order chi connectivity index (χ1) is 15.1. The van der Waals surface area contributed by atoms with E-state index in [4.69, 9.17) is 11.6 Å². The van der Waals surface area contributed by atoms with Crippen LogP contribution in [0.3, 0.4) is 0 Å². The fourth-order valence-corrected chi connectivity index (χ4v) is 6.83. The standard InChI is InChI=1S/C22H18ClN3O2S3/c23-14-8-6-13(7-9-14)12-30-22-25-24-21(31-22)26-16-3-1-4-17(27)20(16)15(11-19(26)28)18-5-2-10-29-18/h2,5-10,15H,1,3-4,11-12H2/t15-/m0/s1. The molecule has 0 bridgehead atoms. The van der Waals surface area contributed by atoms with Gasteiger partial charge in [0, 0.05) is 45.7 Å². The van der Waals surface area contributed by atoms with Crippen molar-refractivity contribution in [1.29, 1.82) is 0 Å². The minimum atomic E-state index is -0.141. The number of amides is 1. The largest absolute Gasteiger partial charge is 0.294 e. The fraction of sp³-hybridized carbons (Fsp3) is 0.273. The Balaban J connectivity index is 1.42. The molecule has 5 rings (SSSR count). The van der Waals surface area contributed by atoms with Crippen molar-refractivity contribution in [1.82, 2.24) is 10.2 Å². The zero-order valence-electron chi connectivity index (χ0n) is 16.4. The summed E-state index contributed by atoms with van der Waals surface area (Å²) in [5.74, 6) is 0.738. The van der Waals surface area contributed by atoms with Crippen molar-refractivity contribution in [3.63, 3.8) is 0 Å². The summed E-state index contributed by atoms with van der Waals surface area (Å²) in [4.78, 5) is 28.8. The van der Waals surface area contributed by atoms with Crippen molar-refractivity contribution >= 4 is 62.9 Å². The van der Waals surface area contributed by atoms with E-state index in [2.05, 4.69) is 10.2 Å². The van der Waals surface area contributed by atoms with Crippen LogP contribution in [0, 0.1) is 0 Å². The van der Waals surface area contributed by atoms with Gasteiger partial charge in [-0.1, -0.05) is 52.9 Å². The predicted molar refractivity (Wildman–Crippen MR) is 126 cm³/mol. The normalized spacial score (nSPS) is 19.1. The van der Waals surface area contributed by atoms with Crippen LogP contribution >= 0.6 is 46.0 Å².